The smallest absolute Gasteiger partial charge is 0.257 e. The second-order valence-corrected chi connectivity index (χ2v) is 5.15. The van der Waals surface area contributed by atoms with Crippen molar-refractivity contribution in [2.45, 2.75) is 12.5 Å². The molecule has 0 saturated carbocycles. The molecule has 1 saturated heterocycles. The molecule has 98 valence electrons. The molecular formula is C12H16BrN3O2. The van der Waals surface area contributed by atoms with Crippen LogP contribution in [0.3, 0.4) is 0 Å². The lowest BCUT2D eigenvalue weighted by atomic mass is 10.1. The number of likely N-dealkylation sites (N-methyl/N-ethyl adjacent to an activating group) is 1. The minimum absolute atomic E-state index is 0.0383. The molecule has 1 atom stereocenters. The first-order valence-electron chi connectivity index (χ1n) is 5.81. The fourth-order valence-corrected chi connectivity index (χ4v) is 2.32. The summed E-state index contributed by atoms with van der Waals surface area (Å²) in [6.07, 6.45) is 2.56. The van der Waals surface area contributed by atoms with Crippen LogP contribution < -0.4 is 5.32 Å². The van der Waals surface area contributed by atoms with Crippen molar-refractivity contribution in [1.82, 2.24) is 9.88 Å². The van der Waals surface area contributed by atoms with Crippen LogP contribution >= 0.6 is 15.9 Å². The molecule has 18 heavy (non-hydrogen) atoms. The van der Waals surface area contributed by atoms with Crippen molar-refractivity contribution in [3.63, 3.8) is 0 Å². The van der Waals surface area contributed by atoms with Crippen molar-refractivity contribution in [3.05, 3.63) is 22.3 Å². The van der Waals surface area contributed by atoms with Gasteiger partial charge in [0.1, 0.15) is 5.82 Å². The third-order valence-electron chi connectivity index (χ3n) is 3.10. The first kappa shape index (κ1) is 13.3. The fraction of sp³-hybridized carbons (Fsp3) is 0.500. The van der Waals surface area contributed by atoms with Gasteiger partial charge in [-0.05, 0) is 28.4 Å². The van der Waals surface area contributed by atoms with Gasteiger partial charge in [0.05, 0.1) is 18.2 Å². The van der Waals surface area contributed by atoms with Gasteiger partial charge in [0.15, 0.2) is 0 Å². The topological polar surface area (TPSA) is 54.5 Å². The molecule has 0 radical (unpaired) electrons. The largest absolute Gasteiger partial charge is 0.379 e. The molecule has 2 heterocycles. The van der Waals surface area contributed by atoms with E-state index >= 15 is 0 Å². The second kappa shape index (κ2) is 5.67. The number of hydrogen-bond acceptors (Lipinski definition) is 4. The Morgan fingerprint density at radius 2 is 2.44 bits per heavy atom. The number of rotatable bonds is 3. The van der Waals surface area contributed by atoms with Gasteiger partial charge in [-0.15, -0.1) is 0 Å². The van der Waals surface area contributed by atoms with Crippen LogP contribution in [0.25, 0.3) is 0 Å². The number of pyridine rings is 1. The van der Waals surface area contributed by atoms with E-state index in [-0.39, 0.29) is 11.9 Å². The van der Waals surface area contributed by atoms with Crippen molar-refractivity contribution in [2.24, 2.45) is 0 Å². The Hall–Kier alpha value is -1.14. The summed E-state index contributed by atoms with van der Waals surface area (Å²) in [6.45, 7) is 1.33. The summed E-state index contributed by atoms with van der Waals surface area (Å²) in [5, 5.41) is 2.94. The van der Waals surface area contributed by atoms with Crippen molar-refractivity contribution >= 4 is 27.7 Å². The van der Waals surface area contributed by atoms with Crippen molar-refractivity contribution in [2.75, 3.05) is 32.6 Å². The van der Waals surface area contributed by atoms with Gasteiger partial charge < -0.3 is 15.0 Å². The maximum atomic E-state index is 12.4. The first-order valence-corrected chi connectivity index (χ1v) is 6.61. The van der Waals surface area contributed by atoms with E-state index < -0.39 is 0 Å². The van der Waals surface area contributed by atoms with Gasteiger partial charge in [0.25, 0.3) is 5.91 Å². The van der Waals surface area contributed by atoms with Gasteiger partial charge in [0, 0.05) is 31.4 Å². The van der Waals surface area contributed by atoms with Crippen LogP contribution in [-0.2, 0) is 4.74 Å². The number of anilines is 1. The fourth-order valence-electron chi connectivity index (χ4n) is 1.98. The Kier molecular flexibility index (Phi) is 4.19. The molecule has 0 aliphatic carbocycles. The molecule has 1 unspecified atom stereocenters. The van der Waals surface area contributed by atoms with E-state index in [9.17, 15) is 4.79 Å². The van der Waals surface area contributed by atoms with E-state index in [1.54, 1.807) is 24.2 Å². The number of ether oxygens (including phenoxy) is 1. The lowest BCUT2D eigenvalue weighted by molar-refractivity contribution is 0.0712. The highest BCUT2D eigenvalue weighted by Crippen LogP contribution is 2.21. The Balaban J connectivity index is 2.24. The maximum absolute atomic E-state index is 12.4. The predicted molar refractivity (Wildman–Crippen MR) is 72.8 cm³/mol. The van der Waals surface area contributed by atoms with Gasteiger partial charge >= 0.3 is 0 Å². The number of nitrogens with one attached hydrogen (secondary N) is 1. The van der Waals surface area contributed by atoms with E-state index in [0.29, 0.717) is 18.0 Å². The Bertz CT molecular complexity index is 447. The summed E-state index contributed by atoms with van der Waals surface area (Å²) in [5.41, 5.74) is 0.571. The molecule has 0 aromatic carbocycles. The molecule has 0 spiro atoms. The van der Waals surface area contributed by atoms with Crippen LogP contribution in [0, 0.1) is 0 Å². The zero-order valence-corrected chi connectivity index (χ0v) is 12.0. The monoisotopic (exact) mass is 313 g/mol. The number of hydrogen-bond donors (Lipinski definition) is 1. The summed E-state index contributed by atoms with van der Waals surface area (Å²) >= 11 is 3.34. The molecule has 1 aliphatic heterocycles. The van der Waals surface area contributed by atoms with Crippen LogP contribution in [0.5, 0.6) is 0 Å². The Morgan fingerprint density at radius 3 is 3.06 bits per heavy atom. The van der Waals surface area contributed by atoms with Gasteiger partial charge in [0.2, 0.25) is 0 Å². The van der Waals surface area contributed by atoms with E-state index in [0.717, 1.165) is 17.5 Å². The van der Waals surface area contributed by atoms with Gasteiger partial charge in [-0.25, -0.2) is 4.98 Å². The summed E-state index contributed by atoms with van der Waals surface area (Å²) in [6, 6.07) is 1.94. The summed E-state index contributed by atoms with van der Waals surface area (Å²) in [4.78, 5) is 18.4. The predicted octanol–water partition coefficient (Wildman–Crippen LogP) is 1.75. The van der Waals surface area contributed by atoms with Gasteiger partial charge in [-0.1, -0.05) is 0 Å². The second-order valence-electron chi connectivity index (χ2n) is 4.23. The van der Waals surface area contributed by atoms with E-state index in [1.165, 1.54) is 0 Å². The molecule has 6 heteroatoms. The van der Waals surface area contributed by atoms with Gasteiger partial charge in [-0.2, -0.15) is 0 Å². The highest BCUT2D eigenvalue weighted by Gasteiger charge is 2.26. The van der Waals surface area contributed by atoms with Crippen molar-refractivity contribution in [3.8, 4) is 0 Å². The van der Waals surface area contributed by atoms with E-state index in [1.807, 2.05) is 7.05 Å². The summed E-state index contributed by atoms with van der Waals surface area (Å²) in [5.74, 6) is 0.553. The zero-order valence-electron chi connectivity index (χ0n) is 10.4. The zero-order chi connectivity index (χ0) is 13.1. The number of carbonyl (C=O) groups excluding carboxylic acids is 1. The Morgan fingerprint density at radius 1 is 1.67 bits per heavy atom. The van der Waals surface area contributed by atoms with Crippen LogP contribution in [0.2, 0.25) is 0 Å². The molecule has 1 amide bonds. The molecule has 0 bridgehead atoms. The average Bonchev–Trinajstić information content (AvgIpc) is 2.90. The number of nitrogens with zero attached hydrogens (tertiary/aromatic N) is 2. The van der Waals surface area contributed by atoms with Gasteiger partial charge in [-0.3, -0.25) is 4.79 Å². The normalized spacial score (nSPS) is 18.7. The van der Waals surface area contributed by atoms with E-state index in [4.69, 9.17) is 4.74 Å². The molecule has 1 aromatic rings. The minimum Gasteiger partial charge on any atom is -0.379 e. The molecule has 1 fully saturated rings. The van der Waals surface area contributed by atoms with Crippen LogP contribution in [0.1, 0.15) is 16.8 Å². The summed E-state index contributed by atoms with van der Waals surface area (Å²) in [7, 11) is 3.56. The number of carbonyl (C=O) groups is 1. The summed E-state index contributed by atoms with van der Waals surface area (Å²) < 4.78 is 6.10. The lowest BCUT2D eigenvalue weighted by Crippen LogP contribution is -2.37. The number of aromatic nitrogens is 1. The molecule has 1 aromatic heterocycles. The molecule has 1 N–H and O–H groups in total. The molecule has 2 rings (SSSR count). The maximum Gasteiger partial charge on any atom is 0.257 e. The third kappa shape index (κ3) is 2.64. The Labute approximate surface area is 115 Å². The third-order valence-corrected chi connectivity index (χ3v) is 3.53. The molecule has 1 aliphatic rings. The standard InChI is InChI=1S/C12H16BrN3O2/c1-14-11-10(5-8(13)6-15-11)12(17)16(2)9-3-4-18-7-9/h5-6,9H,3-4,7H2,1-2H3,(H,14,15). The molecular weight excluding hydrogens is 298 g/mol. The van der Waals surface area contributed by atoms with Crippen LogP contribution in [-0.4, -0.2) is 49.1 Å². The number of amides is 1. The average molecular weight is 314 g/mol. The van der Waals surface area contributed by atoms with Crippen LogP contribution in [0.4, 0.5) is 5.82 Å². The van der Waals surface area contributed by atoms with Crippen molar-refractivity contribution in [1.29, 1.82) is 0 Å². The highest BCUT2D eigenvalue weighted by atomic mass is 79.9. The minimum atomic E-state index is -0.0383. The first-order chi connectivity index (χ1) is 8.63. The van der Waals surface area contributed by atoms with Crippen LogP contribution in [0.15, 0.2) is 16.7 Å². The lowest BCUT2D eigenvalue weighted by Gasteiger charge is -2.24. The van der Waals surface area contributed by atoms with E-state index in [2.05, 4.69) is 26.2 Å². The number of halogens is 1. The highest BCUT2D eigenvalue weighted by molar-refractivity contribution is 9.10. The SMILES string of the molecule is CNc1ncc(Br)cc1C(=O)N(C)C1CCOC1. The quantitative estimate of drug-likeness (QED) is 0.923. The van der Waals surface area contributed by atoms with Crippen molar-refractivity contribution < 1.29 is 9.53 Å². The molecule has 5 nitrogen and oxygen atoms in total.